The lowest BCUT2D eigenvalue weighted by Gasteiger charge is -2.19. The molecule has 3 rings (SSSR count). The number of rotatable bonds is 1. The Morgan fingerprint density at radius 2 is 1.81 bits per heavy atom. The van der Waals surface area contributed by atoms with Crippen molar-refractivity contribution in [2.45, 2.75) is 25.7 Å². The summed E-state index contributed by atoms with van der Waals surface area (Å²) >= 11 is 1.35. The van der Waals surface area contributed by atoms with Gasteiger partial charge in [0.15, 0.2) is 5.13 Å². The molecule has 5 heteroatoms. The van der Waals surface area contributed by atoms with Gasteiger partial charge in [-0.05, 0) is 12.8 Å². The number of amides is 2. The zero-order valence-electron chi connectivity index (χ0n) is 8.76. The summed E-state index contributed by atoms with van der Waals surface area (Å²) in [6.07, 6.45) is 5.47. The van der Waals surface area contributed by atoms with Crippen molar-refractivity contribution in [3.63, 3.8) is 0 Å². The van der Waals surface area contributed by atoms with Gasteiger partial charge in [-0.15, -0.1) is 11.3 Å². The van der Waals surface area contributed by atoms with Crippen LogP contribution in [0.3, 0.4) is 0 Å². The zero-order chi connectivity index (χ0) is 11.1. The molecule has 1 saturated carbocycles. The number of carbonyl (C=O) groups is 2. The van der Waals surface area contributed by atoms with Crippen molar-refractivity contribution in [3.05, 3.63) is 11.6 Å². The molecule has 1 aliphatic heterocycles. The van der Waals surface area contributed by atoms with Gasteiger partial charge in [0.1, 0.15) is 0 Å². The van der Waals surface area contributed by atoms with Crippen LogP contribution < -0.4 is 4.90 Å². The molecule has 2 heterocycles. The first kappa shape index (κ1) is 9.96. The number of hydrogen-bond donors (Lipinski definition) is 0. The predicted octanol–water partition coefficient (Wildman–Crippen LogP) is 1.82. The van der Waals surface area contributed by atoms with E-state index in [1.165, 1.54) is 16.2 Å². The fourth-order valence-electron chi connectivity index (χ4n) is 2.68. The third-order valence-electron chi connectivity index (χ3n) is 3.45. The average Bonchev–Trinajstić information content (AvgIpc) is 2.89. The summed E-state index contributed by atoms with van der Waals surface area (Å²) in [5.41, 5.74) is 0. The van der Waals surface area contributed by atoms with Crippen molar-refractivity contribution in [1.82, 2.24) is 4.98 Å². The second-order valence-electron chi connectivity index (χ2n) is 4.32. The fraction of sp³-hybridized carbons (Fsp3) is 0.545. The van der Waals surface area contributed by atoms with Crippen LogP contribution in [-0.4, -0.2) is 16.8 Å². The van der Waals surface area contributed by atoms with Crippen LogP contribution in [0, 0.1) is 11.8 Å². The number of thiazole rings is 1. The van der Waals surface area contributed by atoms with Crippen molar-refractivity contribution < 1.29 is 9.59 Å². The number of nitrogens with zero attached hydrogens (tertiary/aromatic N) is 2. The molecule has 1 aliphatic carbocycles. The van der Waals surface area contributed by atoms with Crippen LogP contribution in [0.15, 0.2) is 11.6 Å². The van der Waals surface area contributed by atoms with Crippen molar-refractivity contribution in [1.29, 1.82) is 0 Å². The molecule has 0 N–H and O–H groups in total. The molecular formula is C11H12N2O2S. The van der Waals surface area contributed by atoms with Crippen LogP contribution in [0.25, 0.3) is 0 Å². The molecule has 1 aromatic heterocycles. The van der Waals surface area contributed by atoms with E-state index in [-0.39, 0.29) is 23.7 Å². The summed E-state index contributed by atoms with van der Waals surface area (Å²) in [5, 5.41) is 2.32. The standard InChI is InChI=1S/C11H12N2O2S/c14-9-7-3-1-2-4-8(7)10(15)13(9)11-12-5-6-16-11/h5-8H,1-4H2. The van der Waals surface area contributed by atoms with Gasteiger partial charge in [-0.1, -0.05) is 12.8 Å². The van der Waals surface area contributed by atoms with Crippen molar-refractivity contribution in [2.75, 3.05) is 4.90 Å². The van der Waals surface area contributed by atoms with Crippen LogP contribution in [0.5, 0.6) is 0 Å². The minimum absolute atomic E-state index is 0.0374. The summed E-state index contributed by atoms with van der Waals surface area (Å²) < 4.78 is 0. The van der Waals surface area contributed by atoms with Crippen molar-refractivity contribution in [2.24, 2.45) is 11.8 Å². The van der Waals surface area contributed by atoms with E-state index in [1.54, 1.807) is 11.6 Å². The lowest BCUT2D eigenvalue weighted by molar-refractivity contribution is -0.122. The molecule has 2 aliphatic rings. The van der Waals surface area contributed by atoms with E-state index >= 15 is 0 Å². The first-order valence-corrected chi connectivity index (χ1v) is 6.44. The molecule has 0 aromatic carbocycles. The molecule has 0 bridgehead atoms. The second kappa shape index (κ2) is 3.66. The molecule has 0 radical (unpaired) electrons. The van der Waals surface area contributed by atoms with E-state index in [2.05, 4.69) is 4.98 Å². The van der Waals surface area contributed by atoms with E-state index in [0.717, 1.165) is 25.7 Å². The van der Waals surface area contributed by atoms with E-state index in [0.29, 0.717) is 5.13 Å². The van der Waals surface area contributed by atoms with E-state index in [4.69, 9.17) is 0 Å². The minimum atomic E-state index is -0.0786. The highest BCUT2D eigenvalue weighted by Crippen LogP contribution is 2.40. The summed E-state index contributed by atoms with van der Waals surface area (Å²) in [4.78, 5) is 29.6. The summed E-state index contributed by atoms with van der Waals surface area (Å²) in [7, 11) is 0. The first-order valence-electron chi connectivity index (χ1n) is 5.56. The van der Waals surface area contributed by atoms with Crippen LogP contribution in [-0.2, 0) is 9.59 Å². The summed E-state index contributed by atoms with van der Waals surface area (Å²) in [6, 6.07) is 0. The molecule has 16 heavy (non-hydrogen) atoms. The van der Waals surface area contributed by atoms with Crippen LogP contribution >= 0.6 is 11.3 Å². The third kappa shape index (κ3) is 1.31. The highest BCUT2D eigenvalue weighted by Gasteiger charge is 2.49. The van der Waals surface area contributed by atoms with Crippen molar-refractivity contribution >= 4 is 28.3 Å². The molecule has 84 valence electrons. The first-order chi connectivity index (χ1) is 7.79. The van der Waals surface area contributed by atoms with Gasteiger partial charge in [0.05, 0.1) is 11.8 Å². The maximum absolute atomic E-state index is 12.1. The Morgan fingerprint density at radius 3 is 2.31 bits per heavy atom. The number of carbonyl (C=O) groups excluding carboxylic acids is 2. The lowest BCUT2D eigenvalue weighted by atomic mass is 9.81. The average molecular weight is 236 g/mol. The number of aromatic nitrogens is 1. The smallest absolute Gasteiger partial charge is 0.239 e. The van der Waals surface area contributed by atoms with Gasteiger partial charge in [0.2, 0.25) is 11.8 Å². The highest BCUT2D eigenvalue weighted by molar-refractivity contribution is 7.14. The van der Waals surface area contributed by atoms with Gasteiger partial charge in [-0.3, -0.25) is 9.59 Å². The molecule has 2 atom stereocenters. The molecule has 4 nitrogen and oxygen atoms in total. The number of anilines is 1. The van der Waals surface area contributed by atoms with Crippen molar-refractivity contribution in [3.8, 4) is 0 Å². The normalized spacial score (nSPS) is 29.6. The van der Waals surface area contributed by atoms with E-state index in [1.807, 2.05) is 0 Å². The maximum atomic E-state index is 12.1. The number of hydrogen-bond acceptors (Lipinski definition) is 4. The molecule has 1 aromatic rings. The summed E-state index contributed by atoms with van der Waals surface area (Å²) in [5.74, 6) is -0.232. The Labute approximate surface area is 97.3 Å². The topological polar surface area (TPSA) is 50.3 Å². The molecule has 1 saturated heterocycles. The Bertz CT molecular complexity index is 405. The lowest BCUT2D eigenvalue weighted by Crippen LogP contribution is -2.30. The number of fused-ring (bicyclic) bond motifs is 1. The van der Waals surface area contributed by atoms with Gasteiger partial charge in [-0.25, -0.2) is 9.88 Å². The fourth-order valence-corrected chi connectivity index (χ4v) is 3.33. The number of imide groups is 1. The molecule has 2 amide bonds. The van der Waals surface area contributed by atoms with Gasteiger partial charge in [0.25, 0.3) is 0 Å². The van der Waals surface area contributed by atoms with Crippen LogP contribution in [0.2, 0.25) is 0 Å². The third-order valence-corrected chi connectivity index (χ3v) is 4.21. The Hall–Kier alpha value is -1.23. The quantitative estimate of drug-likeness (QED) is 0.699. The monoisotopic (exact) mass is 236 g/mol. The van der Waals surface area contributed by atoms with E-state index < -0.39 is 0 Å². The SMILES string of the molecule is O=C1C2CCCCC2C(=O)N1c1nccs1. The molecule has 0 spiro atoms. The molecular weight excluding hydrogens is 224 g/mol. The van der Waals surface area contributed by atoms with Crippen LogP contribution in [0.1, 0.15) is 25.7 Å². The maximum Gasteiger partial charge on any atom is 0.239 e. The second-order valence-corrected chi connectivity index (χ2v) is 5.20. The minimum Gasteiger partial charge on any atom is -0.274 e. The molecule has 2 unspecified atom stereocenters. The highest BCUT2D eigenvalue weighted by atomic mass is 32.1. The zero-order valence-corrected chi connectivity index (χ0v) is 9.57. The van der Waals surface area contributed by atoms with E-state index in [9.17, 15) is 9.59 Å². The largest absolute Gasteiger partial charge is 0.274 e. The Morgan fingerprint density at radius 1 is 1.19 bits per heavy atom. The predicted molar refractivity (Wildman–Crippen MR) is 60.1 cm³/mol. The van der Waals surface area contributed by atoms with Gasteiger partial charge < -0.3 is 0 Å². The van der Waals surface area contributed by atoms with Gasteiger partial charge in [0, 0.05) is 11.6 Å². The molecule has 2 fully saturated rings. The van der Waals surface area contributed by atoms with Crippen LogP contribution in [0.4, 0.5) is 5.13 Å². The van der Waals surface area contributed by atoms with Gasteiger partial charge in [-0.2, -0.15) is 0 Å². The summed E-state index contributed by atoms with van der Waals surface area (Å²) in [6.45, 7) is 0. The Kier molecular flexibility index (Phi) is 2.28. The van der Waals surface area contributed by atoms with Gasteiger partial charge >= 0.3 is 0 Å². The Balaban J connectivity index is 1.96.